The quantitative estimate of drug-likeness (QED) is 0.522. The summed E-state index contributed by atoms with van der Waals surface area (Å²) in [6.07, 6.45) is 2.25. The minimum atomic E-state index is -0.972. The van der Waals surface area contributed by atoms with Crippen LogP contribution in [0, 0.1) is 0 Å². The van der Waals surface area contributed by atoms with Gasteiger partial charge in [0, 0.05) is 32.9 Å². The number of aromatic nitrogens is 2. The standard InChI is InChI=1S/C24H32N4O5/c1-5-19(29)23-22-18(15-25-27(22)4)26-21(6-2)28(23)12-13-33-17-10-8-16(9-11-17)14-20(24(30)31)32-7-3/h8-11,15,20,23H,5-7,12-14H2,1-4H3,(H,30,31). The van der Waals surface area contributed by atoms with Gasteiger partial charge in [0.05, 0.1) is 18.4 Å². The summed E-state index contributed by atoms with van der Waals surface area (Å²) in [6, 6.07) is 6.89. The Morgan fingerprint density at radius 1 is 1.18 bits per heavy atom. The third kappa shape index (κ3) is 5.60. The van der Waals surface area contributed by atoms with E-state index in [2.05, 4.69) is 5.10 Å². The lowest BCUT2D eigenvalue weighted by molar-refractivity contribution is -0.149. The molecule has 0 saturated carbocycles. The fourth-order valence-electron chi connectivity index (χ4n) is 4.01. The number of carbonyl (C=O) groups is 2. The first-order valence-corrected chi connectivity index (χ1v) is 11.3. The number of aliphatic carboxylic acids is 1. The van der Waals surface area contributed by atoms with Crippen molar-refractivity contribution >= 4 is 23.3 Å². The van der Waals surface area contributed by atoms with Gasteiger partial charge in [0.2, 0.25) is 0 Å². The highest BCUT2D eigenvalue weighted by atomic mass is 16.5. The van der Waals surface area contributed by atoms with Crippen molar-refractivity contribution < 1.29 is 24.2 Å². The normalized spacial score (nSPS) is 16.2. The molecule has 2 atom stereocenters. The molecule has 0 bridgehead atoms. The zero-order valence-corrected chi connectivity index (χ0v) is 19.7. The highest BCUT2D eigenvalue weighted by molar-refractivity contribution is 5.95. The van der Waals surface area contributed by atoms with E-state index < -0.39 is 18.1 Å². The average Bonchev–Trinajstić information content (AvgIpc) is 3.18. The Balaban J connectivity index is 1.66. The molecule has 0 aliphatic carbocycles. The number of nitrogens with zero attached hydrogens (tertiary/aromatic N) is 4. The number of aryl methyl sites for hydroxylation is 1. The summed E-state index contributed by atoms with van der Waals surface area (Å²) >= 11 is 0. The van der Waals surface area contributed by atoms with Gasteiger partial charge in [0.15, 0.2) is 11.9 Å². The molecule has 1 N–H and O–H groups in total. The second-order valence-corrected chi connectivity index (χ2v) is 7.81. The molecule has 9 heteroatoms. The number of amidine groups is 1. The Hall–Kier alpha value is -3.20. The number of fused-ring (bicyclic) bond motifs is 1. The van der Waals surface area contributed by atoms with E-state index in [1.807, 2.05) is 50.1 Å². The fourth-order valence-corrected chi connectivity index (χ4v) is 4.01. The molecular formula is C24H32N4O5. The number of benzene rings is 1. The molecule has 1 aromatic heterocycles. The van der Waals surface area contributed by atoms with Crippen LogP contribution < -0.4 is 4.74 Å². The van der Waals surface area contributed by atoms with Gasteiger partial charge < -0.3 is 19.5 Å². The van der Waals surface area contributed by atoms with Crippen molar-refractivity contribution in [3.8, 4) is 5.75 Å². The van der Waals surface area contributed by atoms with Crippen LogP contribution in [0.5, 0.6) is 5.75 Å². The van der Waals surface area contributed by atoms with E-state index in [9.17, 15) is 14.7 Å². The van der Waals surface area contributed by atoms with Crippen molar-refractivity contribution in [1.82, 2.24) is 14.7 Å². The highest BCUT2D eigenvalue weighted by Gasteiger charge is 2.36. The molecular weight excluding hydrogens is 424 g/mol. The van der Waals surface area contributed by atoms with E-state index in [0.29, 0.717) is 44.8 Å². The molecule has 1 aliphatic rings. The van der Waals surface area contributed by atoms with E-state index in [0.717, 1.165) is 22.8 Å². The molecule has 2 heterocycles. The molecule has 3 rings (SSSR count). The molecule has 1 aliphatic heterocycles. The number of carboxylic acids is 1. The van der Waals surface area contributed by atoms with Crippen LogP contribution in [0.25, 0.3) is 0 Å². The summed E-state index contributed by atoms with van der Waals surface area (Å²) in [5, 5.41) is 13.6. The summed E-state index contributed by atoms with van der Waals surface area (Å²) in [7, 11) is 1.83. The predicted molar refractivity (Wildman–Crippen MR) is 124 cm³/mol. The zero-order chi connectivity index (χ0) is 24.0. The number of carboxylic acid groups (broad SMARTS) is 1. The van der Waals surface area contributed by atoms with Gasteiger partial charge >= 0.3 is 5.97 Å². The van der Waals surface area contributed by atoms with E-state index in [1.165, 1.54) is 0 Å². The van der Waals surface area contributed by atoms with Gasteiger partial charge in [-0.2, -0.15) is 5.10 Å². The van der Waals surface area contributed by atoms with Gasteiger partial charge in [-0.15, -0.1) is 0 Å². The Morgan fingerprint density at radius 3 is 2.52 bits per heavy atom. The Bertz CT molecular complexity index is 999. The maximum atomic E-state index is 12.9. The lowest BCUT2D eigenvalue weighted by atomic mass is 10.0. The molecule has 2 aromatic rings. The summed E-state index contributed by atoms with van der Waals surface area (Å²) in [6.45, 7) is 6.88. The minimum absolute atomic E-state index is 0.118. The Kier molecular flexibility index (Phi) is 8.21. The van der Waals surface area contributed by atoms with Crippen LogP contribution in [0.4, 0.5) is 5.69 Å². The number of ether oxygens (including phenoxy) is 2. The number of aliphatic imine (C=N–C) groups is 1. The highest BCUT2D eigenvalue weighted by Crippen LogP contribution is 2.36. The second kappa shape index (κ2) is 11.1. The van der Waals surface area contributed by atoms with Gasteiger partial charge in [-0.1, -0.05) is 26.0 Å². The minimum Gasteiger partial charge on any atom is -0.492 e. The molecule has 9 nitrogen and oxygen atoms in total. The number of carbonyl (C=O) groups excluding carboxylic acids is 1. The summed E-state index contributed by atoms with van der Waals surface area (Å²) in [5.74, 6) is 0.665. The number of ketones is 1. The number of Topliss-reactive ketones (excluding diaryl/α,β-unsaturated/α-hetero) is 1. The van der Waals surface area contributed by atoms with Gasteiger partial charge in [-0.25, -0.2) is 9.79 Å². The maximum Gasteiger partial charge on any atom is 0.333 e. The molecule has 0 saturated heterocycles. The third-order valence-electron chi connectivity index (χ3n) is 5.67. The largest absolute Gasteiger partial charge is 0.492 e. The van der Waals surface area contributed by atoms with Crippen molar-refractivity contribution in [2.75, 3.05) is 19.8 Å². The van der Waals surface area contributed by atoms with E-state index in [1.54, 1.807) is 17.8 Å². The SMILES string of the molecule is CCOC(Cc1ccc(OCCN2C(CC)=Nc3cnn(C)c3C2C(=O)CC)cc1)C(=O)O. The molecule has 0 fully saturated rings. The zero-order valence-electron chi connectivity index (χ0n) is 19.7. The van der Waals surface area contributed by atoms with Crippen LogP contribution in [0.1, 0.15) is 50.9 Å². The average molecular weight is 457 g/mol. The van der Waals surface area contributed by atoms with Crippen molar-refractivity contribution in [1.29, 1.82) is 0 Å². The van der Waals surface area contributed by atoms with Crippen LogP contribution in [0.2, 0.25) is 0 Å². The summed E-state index contributed by atoms with van der Waals surface area (Å²) in [4.78, 5) is 30.9. The Morgan fingerprint density at radius 2 is 1.91 bits per heavy atom. The van der Waals surface area contributed by atoms with Gasteiger partial charge in [-0.3, -0.25) is 9.48 Å². The smallest absolute Gasteiger partial charge is 0.333 e. The first-order valence-electron chi connectivity index (χ1n) is 11.3. The molecule has 178 valence electrons. The van der Waals surface area contributed by atoms with Crippen LogP contribution >= 0.6 is 0 Å². The van der Waals surface area contributed by atoms with Crippen LogP contribution in [0.3, 0.4) is 0 Å². The van der Waals surface area contributed by atoms with Crippen LogP contribution in [0.15, 0.2) is 35.5 Å². The van der Waals surface area contributed by atoms with Gasteiger partial charge in [-0.05, 0) is 24.6 Å². The summed E-state index contributed by atoms with van der Waals surface area (Å²) in [5.41, 5.74) is 2.42. The first kappa shape index (κ1) is 24.4. The molecule has 0 radical (unpaired) electrons. The lowest BCUT2D eigenvalue weighted by Gasteiger charge is -2.36. The molecule has 0 amide bonds. The molecule has 0 spiro atoms. The molecule has 1 aromatic carbocycles. The summed E-state index contributed by atoms with van der Waals surface area (Å²) < 4.78 is 12.9. The number of hydrogen-bond acceptors (Lipinski definition) is 7. The van der Waals surface area contributed by atoms with Crippen molar-refractivity contribution in [2.45, 2.75) is 52.2 Å². The third-order valence-corrected chi connectivity index (χ3v) is 5.67. The van der Waals surface area contributed by atoms with Gasteiger partial charge in [0.1, 0.15) is 29.9 Å². The van der Waals surface area contributed by atoms with Crippen molar-refractivity contribution in [3.05, 3.63) is 41.7 Å². The fraction of sp³-hybridized carbons (Fsp3) is 0.500. The van der Waals surface area contributed by atoms with Crippen molar-refractivity contribution in [2.24, 2.45) is 12.0 Å². The number of hydrogen-bond donors (Lipinski definition) is 1. The van der Waals surface area contributed by atoms with Crippen LogP contribution in [-0.4, -0.2) is 63.2 Å². The monoisotopic (exact) mass is 456 g/mol. The van der Waals surface area contributed by atoms with Crippen LogP contribution in [-0.2, 0) is 27.8 Å². The Labute approximate surface area is 194 Å². The topological polar surface area (TPSA) is 106 Å². The van der Waals surface area contributed by atoms with E-state index >= 15 is 0 Å². The maximum absolute atomic E-state index is 12.9. The predicted octanol–water partition coefficient (Wildman–Crippen LogP) is 3.31. The first-order chi connectivity index (χ1) is 15.9. The second-order valence-electron chi connectivity index (χ2n) is 7.81. The van der Waals surface area contributed by atoms with E-state index in [4.69, 9.17) is 14.5 Å². The lowest BCUT2D eigenvalue weighted by Crippen LogP contribution is -2.43. The number of rotatable bonds is 12. The molecule has 33 heavy (non-hydrogen) atoms. The van der Waals surface area contributed by atoms with Crippen molar-refractivity contribution in [3.63, 3.8) is 0 Å². The molecule has 2 unspecified atom stereocenters. The van der Waals surface area contributed by atoms with Gasteiger partial charge in [0.25, 0.3) is 0 Å². The van der Waals surface area contributed by atoms with E-state index in [-0.39, 0.29) is 5.78 Å².